The third-order valence-electron chi connectivity index (χ3n) is 5.26. The molecular formula is C22H27N3O5S2. The van der Waals surface area contributed by atoms with Crippen molar-refractivity contribution in [3.8, 4) is 0 Å². The summed E-state index contributed by atoms with van der Waals surface area (Å²) >= 11 is 1.28. The minimum absolute atomic E-state index is 0.0578. The van der Waals surface area contributed by atoms with Crippen molar-refractivity contribution in [3.05, 3.63) is 58.3 Å². The lowest BCUT2D eigenvalue weighted by Gasteiger charge is -2.27. The van der Waals surface area contributed by atoms with E-state index in [0.717, 1.165) is 5.56 Å². The number of carbonyl (C=O) groups excluding carboxylic acids is 3. The molecule has 1 aromatic carbocycles. The van der Waals surface area contributed by atoms with Crippen LogP contribution in [0, 0.1) is 0 Å². The quantitative estimate of drug-likeness (QED) is 0.564. The van der Waals surface area contributed by atoms with E-state index in [-0.39, 0.29) is 42.8 Å². The Morgan fingerprint density at radius 1 is 1.16 bits per heavy atom. The van der Waals surface area contributed by atoms with Gasteiger partial charge in [-0.1, -0.05) is 36.4 Å². The van der Waals surface area contributed by atoms with Gasteiger partial charge in [-0.05, 0) is 30.4 Å². The molecule has 0 aliphatic carbocycles. The lowest BCUT2D eigenvalue weighted by molar-refractivity contribution is -0.137. The van der Waals surface area contributed by atoms with E-state index in [0.29, 0.717) is 11.3 Å². The number of rotatable bonds is 9. The van der Waals surface area contributed by atoms with Gasteiger partial charge in [0.05, 0.1) is 22.9 Å². The number of hydrogen-bond donors (Lipinski definition) is 2. The topological polar surface area (TPSA) is 113 Å². The Morgan fingerprint density at radius 3 is 2.50 bits per heavy atom. The van der Waals surface area contributed by atoms with Gasteiger partial charge in [-0.15, -0.1) is 11.3 Å². The molecule has 3 rings (SSSR count). The maximum Gasteiger partial charge on any atom is 0.262 e. The third kappa shape index (κ3) is 6.64. The third-order valence-corrected chi connectivity index (χ3v) is 7.89. The minimum Gasteiger partial charge on any atom is -0.351 e. The second-order valence-corrected chi connectivity index (χ2v) is 10.9. The van der Waals surface area contributed by atoms with Crippen molar-refractivity contribution in [2.75, 3.05) is 24.6 Å². The molecule has 0 saturated carbocycles. The van der Waals surface area contributed by atoms with Crippen LogP contribution in [0.1, 0.15) is 28.6 Å². The van der Waals surface area contributed by atoms with Crippen molar-refractivity contribution >= 4 is 38.9 Å². The minimum atomic E-state index is -3.12. The average molecular weight is 478 g/mol. The molecule has 2 atom stereocenters. The van der Waals surface area contributed by atoms with Gasteiger partial charge in [0.25, 0.3) is 5.91 Å². The highest BCUT2D eigenvalue weighted by Crippen LogP contribution is 2.13. The molecule has 0 spiro atoms. The van der Waals surface area contributed by atoms with Crippen LogP contribution in [0.3, 0.4) is 0 Å². The first-order valence-corrected chi connectivity index (χ1v) is 13.1. The van der Waals surface area contributed by atoms with Crippen molar-refractivity contribution in [1.82, 2.24) is 15.5 Å². The van der Waals surface area contributed by atoms with Crippen LogP contribution in [-0.2, 0) is 25.8 Å². The van der Waals surface area contributed by atoms with E-state index in [4.69, 9.17) is 0 Å². The molecule has 1 aliphatic heterocycles. The summed E-state index contributed by atoms with van der Waals surface area (Å²) in [6.07, 6.45) is 0.664. The Hall–Kier alpha value is -2.72. The maximum atomic E-state index is 13.3. The fraction of sp³-hybridized carbons (Fsp3) is 0.409. The summed E-state index contributed by atoms with van der Waals surface area (Å²) in [7, 11) is -3.12. The van der Waals surface area contributed by atoms with Crippen LogP contribution in [0.25, 0.3) is 0 Å². The molecule has 8 nitrogen and oxygen atoms in total. The zero-order valence-corrected chi connectivity index (χ0v) is 19.5. The fourth-order valence-electron chi connectivity index (χ4n) is 3.61. The van der Waals surface area contributed by atoms with E-state index in [1.807, 2.05) is 30.3 Å². The number of sulfone groups is 1. The second-order valence-electron chi connectivity index (χ2n) is 7.71. The molecule has 0 unspecified atom stereocenters. The van der Waals surface area contributed by atoms with Gasteiger partial charge in [0.1, 0.15) is 6.04 Å². The smallest absolute Gasteiger partial charge is 0.262 e. The number of nitrogens with zero attached hydrogens (tertiary/aromatic N) is 1. The van der Waals surface area contributed by atoms with Gasteiger partial charge in [0, 0.05) is 19.0 Å². The largest absolute Gasteiger partial charge is 0.351 e. The summed E-state index contributed by atoms with van der Waals surface area (Å²) in [6.45, 7) is 1.83. The molecule has 1 fully saturated rings. The van der Waals surface area contributed by atoms with Crippen molar-refractivity contribution in [2.24, 2.45) is 0 Å². The Kier molecular flexibility index (Phi) is 8.03. The Morgan fingerprint density at radius 2 is 1.91 bits per heavy atom. The van der Waals surface area contributed by atoms with Gasteiger partial charge < -0.3 is 15.5 Å². The summed E-state index contributed by atoms with van der Waals surface area (Å²) < 4.78 is 23.2. The first-order chi connectivity index (χ1) is 15.3. The van der Waals surface area contributed by atoms with Crippen LogP contribution in [0.15, 0.2) is 47.8 Å². The number of carbonyl (C=O) groups is 3. The molecule has 2 N–H and O–H groups in total. The highest BCUT2D eigenvalue weighted by molar-refractivity contribution is 7.91. The summed E-state index contributed by atoms with van der Waals surface area (Å²) in [6, 6.07) is 11.5. The van der Waals surface area contributed by atoms with Gasteiger partial charge >= 0.3 is 0 Å². The first kappa shape index (κ1) is 23.9. The number of likely N-dealkylation sites (N-methyl/N-ethyl adjacent to an activating group) is 1. The van der Waals surface area contributed by atoms with Crippen molar-refractivity contribution in [2.45, 2.75) is 31.8 Å². The fourth-order valence-corrected chi connectivity index (χ4v) is 5.91. The van der Waals surface area contributed by atoms with Crippen LogP contribution >= 0.6 is 11.3 Å². The van der Waals surface area contributed by atoms with Gasteiger partial charge in [-0.2, -0.15) is 0 Å². The molecule has 10 heteroatoms. The van der Waals surface area contributed by atoms with Gasteiger partial charge in [-0.25, -0.2) is 8.42 Å². The van der Waals surface area contributed by atoms with Gasteiger partial charge in [0.2, 0.25) is 11.8 Å². The van der Waals surface area contributed by atoms with E-state index >= 15 is 0 Å². The SMILES string of the molecule is CCN(CC(=O)N[C@H]1CCS(=O)(=O)C1)C(=O)[C@@H](Cc1ccccc1)NC(=O)c1cccs1. The molecule has 1 saturated heterocycles. The molecular weight excluding hydrogens is 450 g/mol. The van der Waals surface area contributed by atoms with Gasteiger partial charge in [-0.3, -0.25) is 14.4 Å². The highest BCUT2D eigenvalue weighted by Gasteiger charge is 2.31. The molecule has 0 radical (unpaired) electrons. The van der Waals surface area contributed by atoms with E-state index in [1.165, 1.54) is 16.2 Å². The maximum absolute atomic E-state index is 13.3. The molecule has 1 aromatic heterocycles. The lowest BCUT2D eigenvalue weighted by atomic mass is 10.0. The number of thiophene rings is 1. The zero-order valence-electron chi connectivity index (χ0n) is 17.8. The van der Waals surface area contributed by atoms with Gasteiger partial charge in [0.15, 0.2) is 9.84 Å². The molecule has 2 heterocycles. The number of nitrogens with one attached hydrogen (secondary N) is 2. The van der Waals surface area contributed by atoms with Crippen molar-refractivity contribution in [1.29, 1.82) is 0 Å². The molecule has 172 valence electrons. The van der Waals surface area contributed by atoms with Crippen LogP contribution in [0.2, 0.25) is 0 Å². The van der Waals surface area contributed by atoms with E-state index in [1.54, 1.807) is 24.4 Å². The summed E-state index contributed by atoms with van der Waals surface area (Å²) in [5, 5.41) is 7.30. The molecule has 1 aliphatic rings. The van der Waals surface area contributed by atoms with Crippen molar-refractivity contribution in [3.63, 3.8) is 0 Å². The Labute approximate surface area is 191 Å². The highest BCUT2D eigenvalue weighted by atomic mass is 32.2. The summed E-state index contributed by atoms with van der Waals surface area (Å²) in [4.78, 5) is 40.3. The van der Waals surface area contributed by atoms with E-state index in [2.05, 4.69) is 10.6 Å². The van der Waals surface area contributed by atoms with Crippen LogP contribution in [-0.4, -0.2) is 67.7 Å². The Balaban J connectivity index is 1.69. The number of hydrogen-bond acceptors (Lipinski definition) is 6. The number of amides is 3. The van der Waals surface area contributed by atoms with Crippen LogP contribution in [0.5, 0.6) is 0 Å². The Bertz CT molecular complexity index is 1040. The van der Waals surface area contributed by atoms with E-state index < -0.39 is 27.8 Å². The zero-order chi connectivity index (χ0) is 23.1. The van der Waals surface area contributed by atoms with E-state index in [9.17, 15) is 22.8 Å². The lowest BCUT2D eigenvalue weighted by Crippen LogP contribution is -2.52. The predicted molar refractivity (Wildman–Crippen MR) is 123 cm³/mol. The standard InChI is InChI=1S/C22H27N3O5S2/c1-2-25(14-20(26)23-17-10-12-32(29,30)15-17)22(28)18(13-16-7-4-3-5-8-16)24-21(27)19-9-6-11-31-19/h3-9,11,17-18H,2,10,12-15H2,1H3,(H,23,26)(H,24,27)/t17-,18+/m0/s1. The second kappa shape index (κ2) is 10.7. The monoisotopic (exact) mass is 477 g/mol. The number of benzene rings is 1. The molecule has 0 bridgehead atoms. The van der Waals surface area contributed by atoms with Crippen LogP contribution in [0.4, 0.5) is 0 Å². The first-order valence-electron chi connectivity index (χ1n) is 10.4. The molecule has 3 amide bonds. The average Bonchev–Trinajstić information content (AvgIpc) is 3.41. The predicted octanol–water partition coefficient (Wildman–Crippen LogP) is 1.24. The normalized spacial score (nSPS) is 18.0. The molecule has 2 aromatic rings. The summed E-state index contributed by atoms with van der Waals surface area (Å²) in [5.41, 5.74) is 0.883. The van der Waals surface area contributed by atoms with Crippen LogP contribution < -0.4 is 10.6 Å². The summed E-state index contributed by atoms with van der Waals surface area (Å²) in [5.74, 6) is -1.14. The molecule has 32 heavy (non-hydrogen) atoms. The van der Waals surface area contributed by atoms with Crippen molar-refractivity contribution < 1.29 is 22.8 Å².